The van der Waals surface area contributed by atoms with Crippen molar-refractivity contribution < 1.29 is 9.13 Å². The van der Waals surface area contributed by atoms with Gasteiger partial charge in [0.15, 0.2) is 0 Å². The van der Waals surface area contributed by atoms with E-state index in [1.807, 2.05) is 18.2 Å². The molecule has 0 bridgehead atoms. The second-order valence-corrected chi connectivity index (χ2v) is 5.90. The third-order valence-corrected chi connectivity index (χ3v) is 3.73. The summed E-state index contributed by atoms with van der Waals surface area (Å²) in [6, 6.07) is 7.27. The molecular weight excluding hydrogens is 278 g/mol. The molecule has 0 saturated heterocycles. The average molecular weight is 293 g/mol. The molecule has 1 atom stereocenters. The summed E-state index contributed by atoms with van der Waals surface area (Å²) < 4.78 is 11.0. The average Bonchev–Trinajstić information content (AvgIpc) is 2.42. The Morgan fingerprint density at radius 2 is 2.15 bits per heavy atom. The second kappa shape index (κ2) is 6.42. The molecular formula is C13H15N3O3S. The Morgan fingerprint density at radius 1 is 1.40 bits per heavy atom. The number of pyridine rings is 1. The van der Waals surface area contributed by atoms with E-state index in [1.54, 1.807) is 12.3 Å². The highest BCUT2D eigenvalue weighted by atomic mass is 32.2. The number of benzene rings is 1. The van der Waals surface area contributed by atoms with Gasteiger partial charge in [-0.05, 0) is 12.5 Å². The molecule has 7 heteroatoms. The summed E-state index contributed by atoms with van der Waals surface area (Å²) in [7, 11) is -0.851. The van der Waals surface area contributed by atoms with Crippen LogP contribution in [0.15, 0.2) is 30.5 Å². The normalized spacial score (nSPS) is 12.2. The number of hydrogen-bond donors (Lipinski definition) is 1. The van der Waals surface area contributed by atoms with Crippen molar-refractivity contribution in [1.29, 1.82) is 0 Å². The topological polar surface area (TPSA) is 85.1 Å². The lowest BCUT2D eigenvalue weighted by Gasteiger charge is -2.09. The minimum absolute atomic E-state index is 0.0404. The number of fused-ring (bicyclic) bond motifs is 1. The van der Waals surface area contributed by atoms with E-state index in [0.717, 1.165) is 5.39 Å². The van der Waals surface area contributed by atoms with Gasteiger partial charge in [-0.15, -0.1) is 0 Å². The van der Waals surface area contributed by atoms with Gasteiger partial charge in [0.25, 0.3) is 0 Å². The molecule has 1 aromatic carbocycles. The quantitative estimate of drug-likeness (QED) is 0.502. The van der Waals surface area contributed by atoms with Crippen molar-refractivity contribution in [3.63, 3.8) is 0 Å². The van der Waals surface area contributed by atoms with E-state index in [1.165, 1.54) is 6.20 Å². The van der Waals surface area contributed by atoms with Gasteiger partial charge in [-0.3, -0.25) is 14.3 Å². The lowest BCUT2D eigenvalue weighted by molar-refractivity contribution is -0.384. The highest BCUT2D eigenvalue weighted by molar-refractivity contribution is 7.84. The van der Waals surface area contributed by atoms with Gasteiger partial charge in [-0.1, -0.05) is 18.2 Å². The molecule has 0 spiro atoms. The largest absolute Gasteiger partial charge is 0.379 e. The summed E-state index contributed by atoms with van der Waals surface area (Å²) in [4.78, 5) is 14.7. The van der Waals surface area contributed by atoms with Crippen LogP contribution in [-0.2, 0) is 10.8 Å². The van der Waals surface area contributed by atoms with Gasteiger partial charge in [-0.2, -0.15) is 0 Å². The van der Waals surface area contributed by atoms with Crippen LogP contribution in [0.25, 0.3) is 10.9 Å². The maximum Gasteiger partial charge on any atom is 0.311 e. The summed E-state index contributed by atoms with van der Waals surface area (Å²) in [6.45, 7) is 0.536. The van der Waals surface area contributed by atoms with Crippen LogP contribution in [0.3, 0.4) is 0 Å². The standard InChI is InChI=1S/C13H15N3O3S/c1-20(19)8-4-7-14-13-10-5-2-3-6-11(10)15-9-12(13)16(17)18/h2-3,5-6,9H,4,7-8H2,1H3,(H,14,15). The van der Waals surface area contributed by atoms with Crippen LogP contribution in [0, 0.1) is 10.1 Å². The summed E-state index contributed by atoms with van der Waals surface area (Å²) in [5, 5.41) is 14.9. The van der Waals surface area contributed by atoms with Crippen LogP contribution >= 0.6 is 0 Å². The molecule has 1 unspecified atom stereocenters. The number of nitrogens with zero attached hydrogens (tertiary/aromatic N) is 2. The zero-order valence-corrected chi connectivity index (χ0v) is 11.9. The van der Waals surface area contributed by atoms with Gasteiger partial charge in [0.1, 0.15) is 11.9 Å². The van der Waals surface area contributed by atoms with E-state index in [-0.39, 0.29) is 5.69 Å². The van der Waals surface area contributed by atoms with Gasteiger partial charge in [-0.25, -0.2) is 4.98 Å². The van der Waals surface area contributed by atoms with E-state index >= 15 is 0 Å². The van der Waals surface area contributed by atoms with E-state index in [4.69, 9.17) is 0 Å². The predicted molar refractivity (Wildman–Crippen MR) is 80.4 cm³/mol. The summed E-state index contributed by atoms with van der Waals surface area (Å²) >= 11 is 0. The van der Waals surface area contributed by atoms with E-state index in [0.29, 0.717) is 29.9 Å². The molecule has 6 nitrogen and oxygen atoms in total. The fourth-order valence-electron chi connectivity index (χ4n) is 1.94. The lowest BCUT2D eigenvalue weighted by atomic mass is 10.1. The van der Waals surface area contributed by atoms with Gasteiger partial charge < -0.3 is 5.32 Å². The first-order valence-corrected chi connectivity index (χ1v) is 7.88. The van der Waals surface area contributed by atoms with Crippen molar-refractivity contribution in [3.05, 3.63) is 40.6 Å². The van der Waals surface area contributed by atoms with Crippen molar-refractivity contribution >= 4 is 33.1 Å². The number of rotatable bonds is 6. The van der Waals surface area contributed by atoms with Gasteiger partial charge in [0, 0.05) is 34.7 Å². The molecule has 0 fully saturated rings. The third-order valence-electron chi connectivity index (χ3n) is 2.86. The Labute approximate surface area is 118 Å². The summed E-state index contributed by atoms with van der Waals surface area (Å²) in [5.74, 6) is 0.573. The highest BCUT2D eigenvalue weighted by Crippen LogP contribution is 2.31. The Hall–Kier alpha value is -2.02. The molecule has 1 heterocycles. The summed E-state index contributed by atoms with van der Waals surface area (Å²) in [5.41, 5.74) is 1.14. The SMILES string of the molecule is CS(=O)CCCNc1c([N+](=O)[O-])cnc2ccccc12. The minimum atomic E-state index is -0.851. The molecule has 0 aliphatic carbocycles. The van der Waals surface area contributed by atoms with E-state index in [2.05, 4.69) is 10.3 Å². The van der Waals surface area contributed by atoms with Gasteiger partial charge >= 0.3 is 5.69 Å². The molecule has 0 aliphatic rings. The monoisotopic (exact) mass is 293 g/mol. The molecule has 106 valence electrons. The number of para-hydroxylation sites is 1. The molecule has 1 N–H and O–H groups in total. The molecule has 20 heavy (non-hydrogen) atoms. The zero-order valence-electron chi connectivity index (χ0n) is 11.0. The molecule has 2 aromatic rings. The molecule has 0 saturated carbocycles. The Kier molecular flexibility index (Phi) is 4.62. The van der Waals surface area contributed by atoms with Crippen molar-refractivity contribution in [1.82, 2.24) is 4.98 Å². The number of hydrogen-bond acceptors (Lipinski definition) is 5. The van der Waals surface area contributed by atoms with Crippen molar-refractivity contribution in [2.45, 2.75) is 6.42 Å². The van der Waals surface area contributed by atoms with Crippen LogP contribution in [0.5, 0.6) is 0 Å². The molecule has 0 radical (unpaired) electrons. The summed E-state index contributed by atoms with van der Waals surface area (Å²) in [6.07, 6.45) is 3.60. The van der Waals surface area contributed by atoms with Crippen LogP contribution in [0.2, 0.25) is 0 Å². The van der Waals surface area contributed by atoms with Crippen LogP contribution in [0.4, 0.5) is 11.4 Å². The zero-order chi connectivity index (χ0) is 14.5. The van der Waals surface area contributed by atoms with Crippen LogP contribution in [0.1, 0.15) is 6.42 Å². The Morgan fingerprint density at radius 3 is 2.85 bits per heavy atom. The number of nitro groups is 1. The Bertz CT molecular complexity index is 660. The van der Waals surface area contributed by atoms with E-state index in [9.17, 15) is 14.3 Å². The molecule has 2 rings (SSSR count). The maximum absolute atomic E-state index is 11.1. The van der Waals surface area contributed by atoms with Gasteiger partial charge in [0.2, 0.25) is 0 Å². The highest BCUT2D eigenvalue weighted by Gasteiger charge is 2.17. The minimum Gasteiger partial charge on any atom is -0.379 e. The van der Waals surface area contributed by atoms with Gasteiger partial charge in [0.05, 0.1) is 10.4 Å². The van der Waals surface area contributed by atoms with E-state index < -0.39 is 15.7 Å². The van der Waals surface area contributed by atoms with Crippen LogP contribution < -0.4 is 5.32 Å². The third kappa shape index (κ3) is 3.30. The molecule has 0 aliphatic heterocycles. The number of anilines is 1. The van der Waals surface area contributed by atoms with Crippen molar-refractivity contribution in [3.8, 4) is 0 Å². The molecule has 0 amide bonds. The lowest BCUT2D eigenvalue weighted by Crippen LogP contribution is -2.08. The number of nitrogens with one attached hydrogen (secondary N) is 1. The van der Waals surface area contributed by atoms with Crippen molar-refractivity contribution in [2.75, 3.05) is 23.9 Å². The maximum atomic E-state index is 11.1. The Balaban J connectivity index is 2.30. The first kappa shape index (κ1) is 14.4. The second-order valence-electron chi connectivity index (χ2n) is 4.35. The first-order valence-electron chi connectivity index (χ1n) is 6.15. The first-order chi connectivity index (χ1) is 9.59. The van der Waals surface area contributed by atoms with Crippen molar-refractivity contribution in [2.24, 2.45) is 0 Å². The smallest absolute Gasteiger partial charge is 0.311 e. The predicted octanol–water partition coefficient (Wildman–Crippen LogP) is 2.32. The fourth-order valence-corrected chi connectivity index (χ4v) is 2.49. The molecule has 1 aromatic heterocycles. The van der Waals surface area contributed by atoms with Crippen LogP contribution in [-0.4, -0.2) is 32.7 Å². The number of aromatic nitrogens is 1. The fraction of sp³-hybridized carbons (Fsp3) is 0.308.